The number of carbonyl (C=O) groups excluding carboxylic acids is 2. The van der Waals surface area contributed by atoms with Crippen molar-refractivity contribution >= 4 is 40.9 Å². The van der Waals surface area contributed by atoms with Crippen LogP contribution in [0.3, 0.4) is 0 Å². The molecule has 138 valence electrons. The van der Waals surface area contributed by atoms with Crippen LogP contribution in [0.1, 0.15) is 37.9 Å². The van der Waals surface area contributed by atoms with E-state index in [2.05, 4.69) is 15.5 Å². The summed E-state index contributed by atoms with van der Waals surface area (Å²) in [4.78, 5) is 23.6. The molecule has 1 aliphatic carbocycles. The first-order valence-corrected chi connectivity index (χ1v) is 9.64. The SMILES string of the molecule is C[C@@H](Sc1nnc(C2CC2)n1CCC(N)=O)C(=O)Nc1ccc(Cl)cc1. The molecule has 0 radical (unpaired) electrons. The van der Waals surface area contributed by atoms with Crippen molar-refractivity contribution in [2.75, 3.05) is 5.32 Å². The average Bonchev–Trinajstić information content (AvgIpc) is 3.37. The van der Waals surface area contributed by atoms with Crippen molar-refractivity contribution in [1.29, 1.82) is 0 Å². The second-order valence-corrected chi connectivity index (χ2v) is 7.98. The lowest BCUT2D eigenvalue weighted by Crippen LogP contribution is -2.23. The standard InChI is InChI=1S/C17H20ClN5O2S/c1-10(16(25)20-13-6-4-12(18)5-7-13)26-17-22-21-15(11-2-3-11)23(17)9-8-14(19)24/h4-7,10-11H,2-3,8-9H2,1H3,(H2,19,24)(H,20,25)/t10-/m1/s1. The fourth-order valence-electron chi connectivity index (χ4n) is 2.45. The summed E-state index contributed by atoms with van der Waals surface area (Å²) in [6, 6.07) is 6.94. The molecular weight excluding hydrogens is 374 g/mol. The topological polar surface area (TPSA) is 103 Å². The van der Waals surface area contributed by atoms with Crippen molar-refractivity contribution in [3.63, 3.8) is 0 Å². The summed E-state index contributed by atoms with van der Waals surface area (Å²) in [6.45, 7) is 2.24. The van der Waals surface area contributed by atoms with Gasteiger partial charge in [-0.05, 0) is 44.0 Å². The molecule has 2 aromatic rings. The number of anilines is 1. The summed E-state index contributed by atoms with van der Waals surface area (Å²) in [5.74, 6) is 0.752. The Labute approximate surface area is 160 Å². The number of primary amides is 1. The number of nitrogens with zero attached hydrogens (tertiary/aromatic N) is 3. The number of amides is 2. The monoisotopic (exact) mass is 393 g/mol. The van der Waals surface area contributed by atoms with Gasteiger partial charge in [0, 0.05) is 29.6 Å². The van der Waals surface area contributed by atoms with Gasteiger partial charge in [0.2, 0.25) is 11.8 Å². The number of benzene rings is 1. The molecule has 2 amide bonds. The van der Waals surface area contributed by atoms with Crippen molar-refractivity contribution in [3.05, 3.63) is 35.1 Å². The fourth-order valence-corrected chi connectivity index (χ4v) is 3.46. The molecular formula is C17H20ClN5O2S. The van der Waals surface area contributed by atoms with E-state index in [0.29, 0.717) is 28.3 Å². The maximum atomic E-state index is 12.4. The minimum atomic E-state index is -0.380. The number of aromatic nitrogens is 3. The van der Waals surface area contributed by atoms with Crippen molar-refractivity contribution < 1.29 is 9.59 Å². The molecule has 3 rings (SSSR count). The molecule has 0 unspecified atom stereocenters. The Morgan fingerprint density at radius 3 is 2.65 bits per heavy atom. The Bertz CT molecular complexity index is 804. The van der Waals surface area contributed by atoms with E-state index in [4.69, 9.17) is 17.3 Å². The van der Waals surface area contributed by atoms with Gasteiger partial charge in [-0.2, -0.15) is 0 Å². The molecule has 1 aromatic heterocycles. The highest BCUT2D eigenvalue weighted by molar-refractivity contribution is 8.00. The van der Waals surface area contributed by atoms with Crippen LogP contribution in [-0.4, -0.2) is 31.8 Å². The Balaban J connectivity index is 1.67. The fraction of sp³-hybridized carbons (Fsp3) is 0.412. The smallest absolute Gasteiger partial charge is 0.237 e. The van der Waals surface area contributed by atoms with Gasteiger partial charge >= 0.3 is 0 Å². The third kappa shape index (κ3) is 4.76. The quantitative estimate of drug-likeness (QED) is 0.671. The van der Waals surface area contributed by atoms with E-state index in [1.807, 2.05) is 4.57 Å². The maximum absolute atomic E-state index is 12.4. The molecule has 1 saturated carbocycles. The van der Waals surface area contributed by atoms with E-state index < -0.39 is 0 Å². The molecule has 0 bridgehead atoms. The second kappa shape index (κ2) is 8.09. The molecule has 0 spiro atoms. The van der Waals surface area contributed by atoms with Gasteiger partial charge in [-0.25, -0.2) is 0 Å². The van der Waals surface area contributed by atoms with Gasteiger partial charge in [-0.3, -0.25) is 9.59 Å². The van der Waals surface area contributed by atoms with Gasteiger partial charge in [-0.15, -0.1) is 10.2 Å². The van der Waals surface area contributed by atoms with Crippen LogP contribution in [0.2, 0.25) is 5.02 Å². The number of rotatable bonds is 8. The van der Waals surface area contributed by atoms with E-state index >= 15 is 0 Å². The van der Waals surface area contributed by atoms with Crippen LogP contribution < -0.4 is 11.1 Å². The van der Waals surface area contributed by atoms with E-state index in [1.54, 1.807) is 31.2 Å². The molecule has 26 heavy (non-hydrogen) atoms. The van der Waals surface area contributed by atoms with Gasteiger partial charge in [-0.1, -0.05) is 23.4 Å². The summed E-state index contributed by atoms with van der Waals surface area (Å²) < 4.78 is 1.92. The first kappa shape index (κ1) is 18.7. The molecule has 1 heterocycles. The Hall–Kier alpha value is -2.06. The van der Waals surface area contributed by atoms with Crippen LogP contribution in [0.4, 0.5) is 5.69 Å². The van der Waals surface area contributed by atoms with Crippen LogP contribution >= 0.6 is 23.4 Å². The summed E-state index contributed by atoms with van der Waals surface area (Å²) in [5, 5.41) is 12.2. The van der Waals surface area contributed by atoms with Crippen LogP contribution in [0.5, 0.6) is 0 Å². The number of hydrogen-bond acceptors (Lipinski definition) is 5. The minimum absolute atomic E-state index is 0.144. The first-order valence-electron chi connectivity index (χ1n) is 8.38. The van der Waals surface area contributed by atoms with E-state index in [0.717, 1.165) is 18.7 Å². The van der Waals surface area contributed by atoms with Gasteiger partial charge in [0.1, 0.15) is 5.82 Å². The molecule has 7 nitrogen and oxygen atoms in total. The largest absolute Gasteiger partial charge is 0.370 e. The Morgan fingerprint density at radius 2 is 2.04 bits per heavy atom. The minimum Gasteiger partial charge on any atom is -0.370 e. The highest BCUT2D eigenvalue weighted by atomic mass is 35.5. The van der Waals surface area contributed by atoms with E-state index in [9.17, 15) is 9.59 Å². The number of nitrogens with one attached hydrogen (secondary N) is 1. The maximum Gasteiger partial charge on any atom is 0.237 e. The molecule has 3 N–H and O–H groups in total. The van der Waals surface area contributed by atoms with Crippen molar-refractivity contribution in [3.8, 4) is 0 Å². The Kier molecular flexibility index (Phi) is 5.83. The first-order chi connectivity index (χ1) is 12.4. The molecule has 1 aromatic carbocycles. The average molecular weight is 394 g/mol. The molecule has 1 atom stereocenters. The predicted octanol–water partition coefficient (Wildman–Crippen LogP) is 2.80. The normalized spacial score (nSPS) is 14.8. The highest BCUT2D eigenvalue weighted by Gasteiger charge is 2.31. The van der Waals surface area contributed by atoms with Gasteiger partial charge in [0.05, 0.1) is 5.25 Å². The lowest BCUT2D eigenvalue weighted by atomic mass is 10.3. The van der Waals surface area contributed by atoms with E-state index in [1.165, 1.54) is 11.8 Å². The Morgan fingerprint density at radius 1 is 1.35 bits per heavy atom. The zero-order valence-corrected chi connectivity index (χ0v) is 15.9. The second-order valence-electron chi connectivity index (χ2n) is 6.24. The number of halogens is 1. The molecule has 0 aliphatic heterocycles. The van der Waals surface area contributed by atoms with Crippen molar-refractivity contribution in [1.82, 2.24) is 14.8 Å². The number of thioether (sulfide) groups is 1. The number of carbonyl (C=O) groups is 2. The van der Waals surface area contributed by atoms with E-state index in [-0.39, 0.29) is 23.5 Å². The predicted molar refractivity (Wildman–Crippen MR) is 101 cm³/mol. The molecule has 9 heteroatoms. The van der Waals surface area contributed by atoms with Gasteiger partial charge in [0.15, 0.2) is 5.16 Å². The third-order valence-electron chi connectivity index (χ3n) is 4.03. The van der Waals surface area contributed by atoms with Crippen molar-refractivity contribution in [2.45, 2.75) is 49.1 Å². The van der Waals surface area contributed by atoms with Crippen LogP contribution in [-0.2, 0) is 16.1 Å². The zero-order chi connectivity index (χ0) is 18.7. The summed E-state index contributed by atoms with van der Waals surface area (Å²) in [5.41, 5.74) is 5.95. The highest BCUT2D eigenvalue weighted by Crippen LogP contribution is 2.40. The molecule has 1 fully saturated rings. The molecule has 0 saturated heterocycles. The lowest BCUT2D eigenvalue weighted by molar-refractivity contribution is -0.118. The summed E-state index contributed by atoms with van der Waals surface area (Å²) >= 11 is 7.17. The summed E-state index contributed by atoms with van der Waals surface area (Å²) in [7, 11) is 0. The number of hydrogen-bond donors (Lipinski definition) is 2. The summed E-state index contributed by atoms with van der Waals surface area (Å²) in [6.07, 6.45) is 2.37. The molecule has 1 aliphatic rings. The number of nitrogens with two attached hydrogens (primary N) is 1. The zero-order valence-electron chi connectivity index (χ0n) is 14.3. The van der Waals surface area contributed by atoms with Gasteiger partial charge < -0.3 is 15.6 Å². The van der Waals surface area contributed by atoms with Crippen molar-refractivity contribution in [2.24, 2.45) is 5.73 Å². The van der Waals surface area contributed by atoms with Crippen LogP contribution in [0.25, 0.3) is 0 Å². The van der Waals surface area contributed by atoms with Crippen LogP contribution in [0, 0.1) is 0 Å². The van der Waals surface area contributed by atoms with Crippen LogP contribution in [0.15, 0.2) is 29.4 Å². The lowest BCUT2D eigenvalue weighted by Gasteiger charge is -2.13. The van der Waals surface area contributed by atoms with Gasteiger partial charge in [0.25, 0.3) is 0 Å². The third-order valence-corrected chi connectivity index (χ3v) is 5.37.